The number of rotatable bonds is 18. The Labute approximate surface area is 472 Å². The molecule has 6 aromatic rings. The van der Waals surface area contributed by atoms with Crippen LogP contribution < -0.4 is 9.47 Å². The maximum Gasteiger partial charge on any atom is 0.324 e. The van der Waals surface area contributed by atoms with Gasteiger partial charge in [0.15, 0.2) is 0 Å². The lowest BCUT2D eigenvalue weighted by Crippen LogP contribution is -2.58. The van der Waals surface area contributed by atoms with Crippen LogP contribution in [0.25, 0.3) is 0 Å². The molecule has 0 N–H and O–H groups in total. The maximum absolute atomic E-state index is 14.7. The Hall–Kier alpha value is -7.44. The lowest BCUT2D eigenvalue weighted by atomic mass is 10.1. The number of ether oxygens (including phenoxy) is 6. The number of esters is 4. The zero-order valence-electron chi connectivity index (χ0n) is 47.1. The lowest BCUT2D eigenvalue weighted by molar-refractivity contribution is -0.153. The van der Waals surface area contributed by atoms with E-state index >= 15 is 0 Å². The molecule has 1 aliphatic rings. The molecule has 1 aliphatic heterocycles. The fourth-order valence-electron chi connectivity index (χ4n) is 10.4. The maximum atomic E-state index is 14.7. The van der Waals surface area contributed by atoms with E-state index in [0.29, 0.717) is 76.9 Å². The summed E-state index contributed by atoms with van der Waals surface area (Å²) < 4.78 is 34.0. The van der Waals surface area contributed by atoms with Crippen molar-refractivity contribution in [3.05, 3.63) is 203 Å². The highest BCUT2D eigenvalue weighted by atomic mass is 16.5. The van der Waals surface area contributed by atoms with Crippen LogP contribution in [0.4, 0.5) is 0 Å². The fourth-order valence-corrected chi connectivity index (χ4v) is 10.4. The minimum Gasteiger partial charge on any atom is -0.497 e. The van der Waals surface area contributed by atoms with E-state index in [9.17, 15) is 19.2 Å². The third-order valence-corrected chi connectivity index (χ3v) is 14.8. The third kappa shape index (κ3) is 17.8. The third-order valence-electron chi connectivity index (χ3n) is 14.8. The van der Waals surface area contributed by atoms with Gasteiger partial charge < -0.3 is 28.4 Å². The van der Waals surface area contributed by atoms with Crippen LogP contribution in [-0.4, -0.2) is 172 Å². The van der Waals surface area contributed by atoms with Crippen LogP contribution in [0, 0.1) is 0 Å². The molecule has 1 saturated heterocycles. The smallest absolute Gasteiger partial charge is 0.324 e. The van der Waals surface area contributed by atoms with Gasteiger partial charge in [-0.1, -0.05) is 146 Å². The number of methoxy groups -OCH3 is 6. The molecule has 0 bridgehead atoms. The first-order chi connectivity index (χ1) is 39.0. The molecule has 0 aliphatic carbocycles. The van der Waals surface area contributed by atoms with Crippen LogP contribution in [0.1, 0.15) is 33.4 Å². The van der Waals surface area contributed by atoms with Gasteiger partial charge in [-0.05, 0) is 57.6 Å². The molecule has 7 rings (SSSR count). The summed E-state index contributed by atoms with van der Waals surface area (Å²) in [7, 11) is 8.84. The van der Waals surface area contributed by atoms with Crippen molar-refractivity contribution in [3.8, 4) is 11.5 Å². The molecule has 1 fully saturated rings. The molecule has 16 heteroatoms. The first-order valence-corrected chi connectivity index (χ1v) is 27.1. The summed E-state index contributed by atoms with van der Waals surface area (Å²) in [5.74, 6) is -0.448. The summed E-state index contributed by atoms with van der Waals surface area (Å²) in [6.45, 7) is 3.78. The molecule has 16 nitrogen and oxygen atoms in total. The molecular formula is C64H78N6O10. The quantitative estimate of drug-likeness (QED) is 0.0632. The van der Waals surface area contributed by atoms with E-state index in [4.69, 9.17) is 28.4 Å². The Kier molecular flexibility index (Phi) is 23.6. The minimum absolute atomic E-state index is 0.136. The monoisotopic (exact) mass is 1090 g/mol. The summed E-state index contributed by atoms with van der Waals surface area (Å²) in [5, 5.41) is 0. The summed E-state index contributed by atoms with van der Waals surface area (Å²) in [6.07, 6.45) is 0. The number of benzene rings is 6. The lowest BCUT2D eigenvalue weighted by Gasteiger charge is -2.41. The second-order valence-electron chi connectivity index (χ2n) is 20.1. The van der Waals surface area contributed by atoms with E-state index in [-0.39, 0.29) is 26.2 Å². The first kappa shape index (κ1) is 60.2. The molecule has 0 amide bonds. The van der Waals surface area contributed by atoms with E-state index in [0.717, 1.165) is 33.4 Å². The second kappa shape index (κ2) is 31.4. The van der Waals surface area contributed by atoms with E-state index in [2.05, 4.69) is 29.4 Å². The summed E-state index contributed by atoms with van der Waals surface area (Å²) in [6, 6.07) is 51.8. The van der Waals surface area contributed by atoms with Crippen LogP contribution in [0.5, 0.6) is 11.5 Å². The average molecular weight is 1090 g/mol. The first-order valence-electron chi connectivity index (χ1n) is 27.1. The van der Waals surface area contributed by atoms with E-state index in [1.54, 1.807) is 14.2 Å². The molecule has 4 atom stereocenters. The SMILES string of the molecule is COC(=O)[C@@H]1CN(Cc2ccc(OC)cc2)C[C@@H](C(=O)OC)N(Cc2ccccc2)CCN(Cc2ccccc2)[C@H](C(=O)OC)CN(Cc2ccc(OC)cc2)C[C@@H](C(=O)OC)N(Cc2ccccc2)CCN1Cc1ccccc1. The number of carbonyl (C=O) groups excluding carboxylic acids is 4. The second-order valence-corrected chi connectivity index (χ2v) is 20.1. The van der Waals surface area contributed by atoms with Crippen LogP contribution in [0.15, 0.2) is 170 Å². The molecule has 424 valence electrons. The number of nitrogens with zero attached hydrogens (tertiary/aromatic N) is 6. The van der Waals surface area contributed by atoms with E-state index < -0.39 is 48.0 Å². The van der Waals surface area contributed by atoms with Crippen molar-refractivity contribution >= 4 is 23.9 Å². The zero-order chi connectivity index (χ0) is 56.6. The Morgan fingerprint density at radius 3 is 0.725 bits per heavy atom. The van der Waals surface area contributed by atoms with E-state index in [1.165, 1.54) is 28.4 Å². The standard InChI is InChI=1S/C64H78N6O10/c1-75-55-31-27-53(28-32-55)39-65-45-57(61(71)77-3)67(41-49-19-11-7-12-20-49)35-37-69(43-51-23-15-9-16-24-51)59(63(73)79-5)47-66(40-54-29-33-56(76-2)34-30-54)48-60(64(74)80-6)70(44-52-25-17-10-18-26-52)38-36-68(58(46-65)62(72)78-4)42-50-21-13-8-14-22-50/h7-34,57-60H,35-48H2,1-6H3/t57-,58-,59-,60-/m0/s1. The Morgan fingerprint density at radius 1 is 0.312 bits per heavy atom. The van der Waals surface area contributed by atoms with Gasteiger partial charge in [-0.2, -0.15) is 0 Å². The predicted octanol–water partition coefficient (Wildman–Crippen LogP) is 7.20. The molecule has 1 heterocycles. The molecule has 0 spiro atoms. The van der Waals surface area contributed by atoms with Gasteiger partial charge in [0.1, 0.15) is 35.7 Å². The van der Waals surface area contributed by atoms with Crippen molar-refractivity contribution in [1.82, 2.24) is 29.4 Å². The zero-order valence-corrected chi connectivity index (χ0v) is 47.1. The number of hydrogen-bond donors (Lipinski definition) is 0. The van der Waals surface area contributed by atoms with Crippen molar-refractivity contribution < 1.29 is 47.6 Å². The predicted molar refractivity (Wildman–Crippen MR) is 307 cm³/mol. The number of hydrogen-bond acceptors (Lipinski definition) is 16. The van der Waals surface area contributed by atoms with Gasteiger partial charge in [0, 0.05) is 91.6 Å². The molecule has 0 unspecified atom stereocenters. The van der Waals surface area contributed by atoms with Crippen molar-refractivity contribution in [1.29, 1.82) is 0 Å². The van der Waals surface area contributed by atoms with Gasteiger partial charge in [0.05, 0.1) is 42.7 Å². The molecule has 0 saturated carbocycles. The normalized spacial score (nSPS) is 19.2. The molecule has 6 aromatic carbocycles. The topological polar surface area (TPSA) is 143 Å². The Bertz CT molecular complexity index is 2460. The molecule has 80 heavy (non-hydrogen) atoms. The highest BCUT2D eigenvalue weighted by Gasteiger charge is 2.38. The van der Waals surface area contributed by atoms with Crippen LogP contribution in [0.3, 0.4) is 0 Å². The highest BCUT2D eigenvalue weighted by Crippen LogP contribution is 2.24. The highest BCUT2D eigenvalue weighted by molar-refractivity contribution is 5.78. The van der Waals surface area contributed by atoms with Crippen molar-refractivity contribution in [3.63, 3.8) is 0 Å². The molecule has 0 radical (unpaired) electrons. The van der Waals surface area contributed by atoms with Gasteiger partial charge in [-0.25, -0.2) is 0 Å². The fraction of sp³-hybridized carbons (Fsp3) is 0.375. The summed E-state index contributed by atoms with van der Waals surface area (Å²) >= 11 is 0. The largest absolute Gasteiger partial charge is 0.497 e. The Balaban J connectivity index is 1.44. The average Bonchev–Trinajstić information content (AvgIpc) is 3.50. The van der Waals surface area contributed by atoms with Crippen molar-refractivity contribution in [2.45, 2.75) is 63.4 Å². The van der Waals surface area contributed by atoms with Gasteiger partial charge in [0.2, 0.25) is 0 Å². The van der Waals surface area contributed by atoms with Crippen LogP contribution in [-0.2, 0) is 77.4 Å². The molecule has 0 aromatic heterocycles. The number of carbonyl (C=O) groups is 4. The van der Waals surface area contributed by atoms with Gasteiger partial charge in [-0.3, -0.25) is 48.6 Å². The minimum atomic E-state index is -0.873. The van der Waals surface area contributed by atoms with Gasteiger partial charge in [0.25, 0.3) is 0 Å². The van der Waals surface area contributed by atoms with Crippen LogP contribution in [0.2, 0.25) is 0 Å². The van der Waals surface area contributed by atoms with E-state index in [1.807, 2.05) is 170 Å². The summed E-state index contributed by atoms with van der Waals surface area (Å²) in [4.78, 5) is 71.6. The van der Waals surface area contributed by atoms with Crippen molar-refractivity contribution in [2.75, 3.05) is 95.0 Å². The van der Waals surface area contributed by atoms with Crippen molar-refractivity contribution in [2.24, 2.45) is 0 Å². The van der Waals surface area contributed by atoms with Crippen LogP contribution >= 0.6 is 0 Å². The Morgan fingerprint density at radius 2 is 0.525 bits per heavy atom. The van der Waals surface area contributed by atoms with Gasteiger partial charge >= 0.3 is 23.9 Å². The molecular weight excluding hydrogens is 1010 g/mol. The van der Waals surface area contributed by atoms with Gasteiger partial charge in [-0.15, -0.1) is 0 Å². The summed E-state index contributed by atoms with van der Waals surface area (Å²) in [5.41, 5.74) is 5.70.